The molecule has 0 bridgehead atoms. The van der Waals surface area contributed by atoms with Crippen molar-refractivity contribution in [2.45, 2.75) is 32.7 Å². The fourth-order valence-electron chi connectivity index (χ4n) is 2.88. The molecule has 0 aliphatic rings. The third kappa shape index (κ3) is 8.54. The molecule has 0 spiro atoms. The van der Waals surface area contributed by atoms with Gasteiger partial charge in [0, 0.05) is 12.6 Å². The summed E-state index contributed by atoms with van der Waals surface area (Å²) in [6, 6.07) is 9.00. The van der Waals surface area contributed by atoms with E-state index in [9.17, 15) is 22.4 Å². The second-order valence-corrected chi connectivity index (χ2v) is 10.3. The van der Waals surface area contributed by atoms with Gasteiger partial charge in [-0.2, -0.15) is 0 Å². The summed E-state index contributed by atoms with van der Waals surface area (Å²) in [6.07, 6.45) is 0.922. The number of halogens is 1. The van der Waals surface area contributed by atoms with Gasteiger partial charge in [0.15, 0.2) is 13.2 Å². The number of amides is 1. The molecule has 0 aromatic heterocycles. The van der Waals surface area contributed by atoms with Gasteiger partial charge >= 0.3 is 5.97 Å². The average Bonchev–Trinajstić information content (AvgIpc) is 2.74. The van der Waals surface area contributed by atoms with Crippen LogP contribution >= 0.6 is 0 Å². The quantitative estimate of drug-likeness (QED) is 0.485. The van der Waals surface area contributed by atoms with E-state index in [1.165, 1.54) is 19.2 Å². The number of ether oxygens (including phenoxy) is 3. The Balaban J connectivity index is 1.97. The van der Waals surface area contributed by atoms with Gasteiger partial charge in [-0.3, -0.25) is 9.52 Å². The molecule has 0 radical (unpaired) electrons. The fourth-order valence-corrected chi connectivity index (χ4v) is 3.44. The van der Waals surface area contributed by atoms with Crippen molar-refractivity contribution in [3.05, 3.63) is 53.3 Å². The maximum absolute atomic E-state index is 14.1. The normalized spacial score (nSPS) is 11.5. The first-order valence-corrected chi connectivity index (χ1v) is 12.2. The Bertz CT molecular complexity index is 1140. The third-order valence-electron chi connectivity index (χ3n) is 4.52. The molecule has 186 valence electrons. The van der Waals surface area contributed by atoms with E-state index in [0.717, 1.165) is 17.9 Å². The molecule has 2 rings (SSSR count). The lowest BCUT2D eigenvalue weighted by atomic mass is 9.86. The molecular formula is C23H29FN2O7S. The Morgan fingerprint density at radius 1 is 1.03 bits per heavy atom. The van der Waals surface area contributed by atoms with E-state index < -0.39 is 27.7 Å². The minimum Gasteiger partial charge on any atom is -0.484 e. The number of anilines is 1. The van der Waals surface area contributed by atoms with Gasteiger partial charge in [0.25, 0.3) is 5.91 Å². The lowest BCUT2D eigenvalue weighted by Crippen LogP contribution is -2.28. The van der Waals surface area contributed by atoms with Crippen molar-refractivity contribution in [3.8, 4) is 11.5 Å². The van der Waals surface area contributed by atoms with Gasteiger partial charge in [0.2, 0.25) is 10.0 Å². The Kier molecular flexibility index (Phi) is 8.86. The number of carbonyl (C=O) groups excluding carboxylic acids is 2. The van der Waals surface area contributed by atoms with Crippen molar-refractivity contribution < 1.29 is 36.6 Å². The van der Waals surface area contributed by atoms with E-state index in [0.29, 0.717) is 17.1 Å². The molecule has 2 N–H and O–H groups in total. The van der Waals surface area contributed by atoms with Crippen molar-refractivity contribution in [2.75, 3.05) is 31.3 Å². The van der Waals surface area contributed by atoms with E-state index >= 15 is 0 Å². The van der Waals surface area contributed by atoms with Gasteiger partial charge in [-0.05, 0) is 34.7 Å². The second kappa shape index (κ2) is 11.2. The van der Waals surface area contributed by atoms with E-state index in [-0.39, 0.29) is 30.9 Å². The first kappa shape index (κ1) is 26.9. The van der Waals surface area contributed by atoms with E-state index in [1.54, 1.807) is 18.2 Å². The summed E-state index contributed by atoms with van der Waals surface area (Å²) in [7, 11) is -2.34. The Morgan fingerprint density at radius 3 is 2.32 bits per heavy atom. The summed E-state index contributed by atoms with van der Waals surface area (Å²) >= 11 is 0. The second-order valence-electron chi connectivity index (χ2n) is 8.53. The number of sulfonamides is 1. The van der Waals surface area contributed by atoms with Crippen LogP contribution in [0.2, 0.25) is 0 Å². The average molecular weight is 497 g/mol. The van der Waals surface area contributed by atoms with Crippen molar-refractivity contribution in [2.24, 2.45) is 0 Å². The van der Waals surface area contributed by atoms with Crippen LogP contribution in [-0.2, 0) is 36.3 Å². The molecule has 2 aromatic rings. The predicted molar refractivity (Wildman–Crippen MR) is 125 cm³/mol. The lowest BCUT2D eigenvalue weighted by molar-refractivity contribution is -0.142. The zero-order valence-electron chi connectivity index (χ0n) is 19.7. The van der Waals surface area contributed by atoms with Crippen molar-refractivity contribution in [3.63, 3.8) is 0 Å². The van der Waals surface area contributed by atoms with Crippen LogP contribution in [0, 0.1) is 5.82 Å². The number of esters is 1. The number of hydrogen-bond donors (Lipinski definition) is 2. The maximum Gasteiger partial charge on any atom is 0.343 e. The van der Waals surface area contributed by atoms with Crippen LogP contribution in [0.4, 0.5) is 10.1 Å². The number of methoxy groups -OCH3 is 1. The van der Waals surface area contributed by atoms with Crippen LogP contribution in [-0.4, -0.2) is 46.9 Å². The van der Waals surface area contributed by atoms with E-state index in [2.05, 4.69) is 14.8 Å². The van der Waals surface area contributed by atoms with Crippen LogP contribution in [0.25, 0.3) is 0 Å². The smallest absolute Gasteiger partial charge is 0.343 e. The molecule has 0 atom stereocenters. The predicted octanol–water partition coefficient (Wildman–Crippen LogP) is 2.74. The van der Waals surface area contributed by atoms with Crippen LogP contribution in [0.3, 0.4) is 0 Å². The molecule has 0 aliphatic heterocycles. The summed E-state index contributed by atoms with van der Waals surface area (Å²) in [5.41, 5.74) is 0.857. The number of benzene rings is 2. The van der Waals surface area contributed by atoms with Crippen LogP contribution in [0.5, 0.6) is 11.5 Å². The highest BCUT2D eigenvalue weighted by Gasteiger charge is 2.20. The molecule has 2 aromatic carbocycles. The first-order chi connectivity index (χ1) is 15.8. The van der Waals surface area contributed by atoms with Gasteiger partial charge in [-0.15, -0.1) is 0 Å². The van der Waals surface area contributed by atoms with E-state index in [4.69, 9.17) is 9.47 Å². The van der Waals surface area contributed by atoms with Gasteiger partial charge in [0.1, 0.15) is 17.3 Å². The topological polar surface area (TPSA) is 120 Å². The van der Waals surface area contributed by atoms with Gasteiger partial charge in [-0.1, -0.05) is 32.9 Å². The molecule has 0 saturated carbocycles. The zero-order valence-corrected chi connectivity index (χ0v) is 20.5. The monoisotopic (exact) mass is 496 g/mol. The Morgan fingerprint density at radius 2 is 1.74 bits per heavy atom. The zero-order chi connectivity index (χ0) is 25.5. The van der Waals surface area contributed by atoms with Crippen LogP contribution in [0.1, 0.15) is 31.9 Å². The SMILES string of the molecule is COC(=O)COc1cc(OCC(=O)NCc2ccc(NS(C)(=O)=O)c(F)c2)ccc1C(C)(C)C. The van der Waals surface area contributed by atoms with Gasteiger partial charge in [0.05, 0.1) is 19.1 Å². The summed E-state index contributed by atoms with van der Waals surface area (Å²) < 4.78 is 54.3. The highest BCUT2D eigenvalue weighted by atomic mass is 32.2. The molecule has 0 heterocycles. The number of carbonyl (C=O) groups is 2. The minimum absolute atomic E-state index is 0.0225. The molecular weight excluding hydrogens is 467 g/mol. The van der Waals surface area contributed by atoms with Crippen molar-refractivity contribution >= 4 is 27.6 Å². The Labute approximate surface area is 198 Å². The third-order valence-corrected chi connectivity index (χ3v) is 5.11. The van der Waals surface area contributed by atoms with Gasteiger partial charge < -0.3 is 19.5 Å². The molecule has 0 saturated heterocycles. The largest absolute Gasteiger partial charge is 0.484 e. The number of nitrogens with one attached hydrogen (secondary N) is 2. The molecule has 0 fully saturated rings. The number of hydrogen-bond acceptors (Lipinski definition) is 7. The molecule has 9 nitrogen and oxygen atoms in total. The van der Waals surface area contributed by atoms with Crippen molar-refractivity contribution in [1.29, 1.82) is 0 Å². The summed E-state index contributed by atoms with van der Waals surface area (Å²) in [5, 5.41) is 2.60. The number of rotatable bonds is 10. The highest BCUT2D eigenvalue weighted by molar-refractivity contribution is 7.92. The molecule has 0 aliphatic carbocycles. The van der Waals surface area contributed by atoms with E-state index in [1.807, 2.05) is 20.8 Å². The lowest BCUT2D eigenvalue weighted by Gasteiger charge is -2.23. The Hall–Kier alpha value is -3.34. The minimum atomic E-state index is -3.60. The summed E-state index contributed by atoms with van der Waals surface area (Å²) in [6.45, 7) is 5.44. The van der Waals surface area contributed by atoms with Crippen molar-refractivity contribution in [1.82, 2.24) is 5.32 Å². The first-order valence-electron chi connectivity index (χ1n) is 10.3. The highest BCUT2D eigenvalue weighted by Crippen LogP contribution is 2.34. The maximum atomic E-state index is 14.1. The molecule has 34 heavy (non-hydrogen) atoms. The fraction of sp³-hybridized carbons (Fsp3) is 0.391. The summed E-state index contributed by atoms with van der Waals surface area (Å²) in [5.74, 6) is -0.927. The van der Waals surface area contributed by atoms with Crippen LogP contribution in [0.15, 0.2) is 36.4 Å². The van der Waals surface area contributed by atoms with Gasteiger partial charge in [-0.25, -0.2) is 17.6 Å². The standard InChI is InChI=1S/C23H29FN2O7S/c1-23(2,3)17-8-7-16(11-20(17)33-14-22(28)31-4)32-13-21(27)25-12-15-6-9-19(18(24)10-15)26-34(5,29)30/h6-11,26H,12-14H2,1-5H3,(H,25,27). The molecule has 11 heteroatoms. The molecule has 0 unspecified atom stereocenters. The molecule has 1 amide bonds. The van der Waals surface area contributed by atoms with Crippen LogP contribution < -0.4 is 19.5 Å². The summed E-state index contributed by atoms with van der Waals surface area (Å²) in [4.78, 5) is 23.6.